The van der Waals surface area contributed by atoms with Gasteiger partial charge in [0, 0.05) is 20.3 Å². The van der Waals surface area contributed by atoms with E-state index in [4.69, 9.17) is 11.6 Å². The fraction of sp³-hybridized carbons (Fsp3) is 0.333. The average Bonchev–Trinajstić information content (AvgIpc) is 2.88. The molecule has 0 aliphatic heterocycles. The molecule has 1 heterocycles. The Hall–Kier alpha value is -0.350. The first-order valence-corrected chi connectivity index (χ1v) is 8.43. The minimum atomic E-state index is 0.458. The van der Waals surface area contributed by atoms with Crippen LogP contribution in [-0.2, 0) is 0 Å². The molecule has 4 heteroatoms. The molecule has 0 aliphatic rings. The lowest BCUT2D eigenvalue weighted by atomic mass is 10.1. The Balaban J connectivity index is 2.27. The summed E-state index contributed by atoms with van der Waals surface area (Å²) in [6, 6.07) is 10.9. The summed E-state index contributed by atoms with van der Waals surface area (Å²) in [7, 11) is 0. The van der Waals surface area contributed by atoms with E-state index >= 15 is 0 Å². The fourth-order valence-corrected chi connectivity index (χ4v) is 3.70. The Kier molecular flexibility index (Phi) is 5.46. The van der Waals surface area contributed by atoms with E-state index in [0.717, 1.165) is 22.5 Å². The zero-order valence-electron chi connectivity index (χ0n) is 11.0. The van der Waals surface area contributed by atoms with Crippen molar-refractivity contribution in [1.29, 1.82) is 0 Å². The van der Waals surface area contributed by atoms with Crippen molar-refractivity contribution in [2.45, 2.75) is 26.3 Å². The average molecular weight is 359 g/mol. The highest BCUT2D eigenvalue weighted by Gasteiger charge is 2.12. The molecule has 1 unspecified atom stereocenters. The van der Waals surface area contributed by atoms with Gasteiger partial charge in [0.1, 0.15) is 0 Å². The quantitative estimate of drug-likeness (QED) is 0.702. The van der Waals surface area contributed by atoms with Crippen molar-refractivity contribution >= 4 is 38.9 Å². The summed E-state index contributed by atoms with van der Waals surface area (Å²) in [5, 5.41) is 4.26. The Morgan fingerprint density at radius 2 is 2.05 bits per heavy atom. The van der Waals surface area contributed by atoms with Crippen LogP contribution in [0.2, 0.25) is 5.02 Å². The number of thiophene rings is 1. The Bertz CT molecular complexity index is 553. The van der Waals surface area contributed by atoms with Crippen LogP contribution < -0.4 is 5.32 Å². The van der Waals surface area contributed by atoms with Gasteiger partial charge < -0.3 is 5.32 Å². The molecule has 0 bridgehead atoms. The van der Waals surface area contributed by atoms with Crippen LogP contribution in [0.3, 0.4) is 0 Å². The van der Waals surface area contributed by atoms with Crippen molar-refractivity contribution < 1.29 is 0 Å². The molecule has 0 fully saturated rings. The second-order valence-corrected chi connectivity index (χ2v) is 6.73. The highest BCUT2D eigenvalue weighted by Crippen LogP contribution is 2.35. The van der Waals surface area contributed by atoms with Crippen molar-refractivity contribution in [3.63, 3.8) is 0 Å². The van der Waals surface area contributed by atoms with E-state index in [0.29, 0.717) is 6.04 Å². The molecular formula is C15H17BrClNS. The van der Waals surface area contributed by atoms with Gasteiger partial charge in [0.25, 0.3) is 0 Å². The summed E-state index contributed by atoms with van der Waals surface area (Å²) in [5.41, 5.74) is 1.21. The van der Waals surface area contributed by atoms with Crippen LogP contribution in [-0.4, -0.2) is 6.54 Å². The Morgan fingerprint density at radius 1 is 1.26 bits per heavy atom. The molecule has 0 aliphatic carbocycles. The van der Waals surface area contributed by atoms with Crippen LogP contribution in [0.25, 0.3) is 10.4 Å². The molecule has 0 amide bonds. The summed E-state index contributed by atoms with van der Waals surface area (Å²) in [4.78, 5) is 2.68. The molecule has 1 aromatic heterocycles. The van der Waals surface area contributed by atoms with Crippen LogP contribution in [0, 0.1) is 0 Å². The van der Waals surface area contributed by atoms with Gasteiger partial charge in [0.05, 0.1) is 5.02 Å². The summed E-state index contributed by atoms with van der Waals surface area (Å²) >= 11 is 11.4. The monoisotopic (exact) mass is 357 g/mol. The molecule has 19 heavy (non-hydrogen) atoms. The van der Waals surface area contributed by atoms with Crippen molar-refractivity contribution in [2.75, 3.05) is 6.54 Å². The number of halogens is 2. The largest absolute Gasteiger partial charge is 0.310 e. The summed E-state index contributed by atoms with van der Waals surface area (Å²) in [6.45, 7) is 5.36. The third-order valence-corrected chi connectivity index (χ3v) is 5.50. The van der Waals surface area contributed by atoms with Gasteiger partial charge in [-0.15, -0.1) is 11.3 Å². The van der Waals surface area contributed by atoms with Gasteiger partial charge in [-0.1, -0.05) is 31.5 Å². The molecule has 1 aromatic carbocycles. The maximum atomic E-state index is 6.03. The second-order valence-electron chi connectivity index (χ2n) is 4.35. The molecule has 0 saturated carbocycles. The van der Waals surface area contributed by atoms with E-state index in [2.05, 4.69) is 59.4 Å². The molecule has 0 radical (unpaired) electrons. The van der Waals surface area contributed by atoms with Gasteiger partial charge in [0.15, 0.2) is 0 Å². The first-order valence-electron chi connectivity index (χ1n) is 6.44. The third-order valence-electron chi connectivity index (χ3n) is 3.03. The van der Waals surface area contributed by atoms with Gasteiger partial charge in [-0.3, -0.25) is 0 Å². The summed E-state index contributed by atoms with van der Waals surface area (Å²) < 4.78 is 0.945. The summed E-state index contributed by atoms with van der Waals surface area (Å²) in [6.07, 6.45) is 1.11. The fourth-order valence-electron chi connectivity index (χ4n) is 2.04. The van der Waals surface area contributed by atoms with Crippen molar-refractivity contribution in [2.24, 2.45) is 0 Å². The lowest BCUT2D eigenvalue weighted by Crippen LogP contribution is -2.18. The molecule has 0 spiro atoms. The van der Waals surface area contributed by atoms with E-state index in [1.807, 2.05) is 17.4 Å². The van der Waals surface area contributed by atoms with Gasteiger partial charge in [0.2, 0.25) is 0 Å². The predicted octanol–water partition coefficient (Wildman–Crippen LogP) is 5.89. The normalized spacial score (nSPS) is 12.6. The molecular weight excluding hydrogens is 342 g/mol. The van der Waals surface area contributed by atoms with Crippen LogP contribution in [0.5, 0.6) is 0 Å². The van der Waals surface area contributed by atoms with Crippen LogP contribution in [0.1, 0.15) is 31.2 Å². The standard InChI is InChI=1S/C15H17BrClNS/c1-3-13(18-4-2)15-8-7-14(19-15)10-5-6-12(17)11(16)9-10/h5-9,13,18H,3-4H2,1-2H3. The zero-order chi connectivity index (χ0) is 13.8. The van der Waals surface area contributed by atoms with Gasteiger partial charge in [-0.05, 0) is 58.7 Å². The van der Waals surface area contributed by atoms with E-state index in [1.54, 1.807) is 0 Å². The topological polar surface area (TPSA) is 12.0 Å². The van der Waals surface area contributed by atoms with Crippen molar-refractivity contribution in [3.05, 3.63) is 44.7 Å². The summed E-state index contributed by atoms with van der Waals surface area (Å²) in [5.74, 6) is 0. The lowest BCUT2D eigenvalue weighted by Gasteiger charge is -2.13. The number of hydrogen-bond acceptors (Lipinski definition) is 2. The minimum Gasteiger partial charge on any atom is -0.310 e. The number of hydrogen-bond donors (Lipinski definition) is 1. The Morgan fingerprint density at radius 3 is 2.68 bits per heavy atom. The first kappa shape index (κ1) is 15.0. The van der Waals surface area contributed by atoms with E-state index in [1.165, 1.54) is 15.3 Å². The molecule has 0 saturated heterocycles. The number of rotatable bonds is 5. The highest BCUT2D eigenvalue weighted by molar-refractivity contribution is 9.10. The van der Waals surface area contributed by atoms with Gasteiger partial charge >= 0.3 is 0 Å². The predicted molar refractivity (Wildman–Crippen MR) is 89.2 cm³/mol. The molecule has 102 valence electrons. The maximum absolute atomic E-state index is 6.03. The Labute approximate surface area is 132 Å². The van der Waals surface area contributed by atoms with Crippen LogP contribution in [0.15, 0.2) is 34.8 Å². The lowest BCUT2D eigenvalue weighted by molar-refractivity contribution is 0.545. The third kappa shape index (κ3) is 3.60. The smallest absolute Gasteiger partial charge is 0.0548 e. The zero-order valence-corrected chi connectivity index (χ0v) is 14.2. The van der Waals surface area contributed by atoms with Gasteiger partial charge in [-0.25, -0.2) is 0 Å². The van der Waals surface area contributed by atoms with Crippen LogP contribution in [0.4, 0.5) is 0 Å². The van der Waals surface area contributed by atoms with E-state index < -0.39 is 0 Å². The molecule has 2 aromatic rings. The first-order chi connectivity index (χ1) is 9.15. The number of nitrogens with one attached hydrogen (secondary N) is 1. The molecule has 1 atom stereocenters. The van der Waals surface area contributed by atoms with Crippen molar-refractivity contribution in [3.8, 4) is 10.4 Å². The molecule has 2 rings (SSSR count). The van der Waals surface area contributed by atoms with Gasteiger partial charge in [-0.2, -0.15) is 0 Å². The minimum absolute atomic E-state index is 0.458. The van der Waals surface area contributed by atoms with Crippen molar-refractivity contribution in [1.82, 2.24) is 5.32 Å². The van der Waals surface area contributed by atoms with E-state index in [-0.39, 0.29) is 0 Å². The number of benzene rings is 1. The highest BCUT2D eigenvalue weighted by atomic mass is 79.9. The maximum Gasteiger partial charge on any atom is 0.0548 e. The SMILES string of the molecule is CCNC(CC)c1ccc(-c2ccc(Cl)c(Br)c2)s1. The molecule has 1 N–H and O–H groups in total. The van der Waals surface area contributed by atoms with Crippen LogP contribution >= 0.6 is 38.9 Å². The second kappa shape index (κ2) is 6.89. The molecule has 1 nitrogen and oxygen atoms in total. The van der Waals surface area contributed by atoms with E-state index in [9.17, 15) is 0 Å².